The molecule has 0 aliphatic heterocycles. The molecule has 1 unspecified atom stereocenters. The maximum atomic E-state index is 12.5. The number of halogens is 1. The van der Waals surface area contributed by atoms with E-state index in [-0.39, 0.29) is 5.91 Å². The first kappa shape index (κ1) is 24.0. The number of nitrogens with zero attached hydrogens (tertiary/aromatic N) is 2. The molecule has 1 heterocycles. The number of nitrogens with one attached hydrogen (secondary N) is 1. The Kier molecular flexibility index (Phi) is 8.01. The van der Waals surface area contributed by atoms with Gasteiger partial charge in [-0.1, -0.05) is 60.1 Å². The van der Waals surface area contributed by atoms with E-state index < -0.39 is 0 Å². The number of carbonyl (C=O) groups is 1. The van der Waals surface area contributed by atoms with Crippen LogP contribution in [0, 0.1) is 0 Å². The second-order valence-corrected chi connectivity index (χ2v) is 9.33. The van der Waals surface area contributed by atoms with Gasteiger partial charge in [-0.25, -0.2) is 4.98 Å². The molecule has 0 saturated carbocycles. The maximum Gasteiger partial charge on any atom is 0.251 e. The van der Waals surface area contributed by atoms with Crippen LogP contribution in [-0.2, 0) is 13.0 Å². The number of carbonyl (C=O) groups excluding carboxylic acids is 1. The zero-order valence-corrected chi connectivity index (χ0v) is 21.2. The van der Waals surface area contributed by atoms with Gasteiger partial charge in [-0.2, -0.15) is 0 Å². The van der Waals surface area contributed by atoms with E-state index in [1.807, 2.05) is 54.6 Å². The highest BCUT2D eigenvalue weighted by atomic mass is 79.9. The predicted molar refractivity (Wildman–Crippen MR) is 141 cm³/mol. The van der Waals surface area contributed by atoms with Gasteiger partial charge in [0.1, 0.15) is 18.2 Å². The van der Waals surface area contributed by atoms with Crippen molar-refractivity contribution in [3.05, 3.63) is 94.2 Å². The summed E-state index contributed by atoms with van der Waals surface area (Å²) in [6, 6.07) is 23.9. The van der Waals surface area contributed by atoms with Gasteiger partial charge in [0, 0.05) is 23.0 Å². The highest BCUT2D eigenvalue weighted by Crippen LogP contribution is 2.22. The van der Waals surface area contributed by atoms with Crippen LogP contribution in [0.4, 0.5) is 0 Å². The number of fused-ring (bicyclic) bond motifs is 1. The molecule has 0 bridgehead atoms. The summed E-state index contributed by atoms with van der Waals surface area (Å²) in [4.78, 5) is 17.3. The van der Waals surface area contributed by atoms with Crippen molar-refractivity contribution in [3.63, 3.8) is 0 Å². The second kappa shape index (κ2) is 11.3. The fourth-order valence-corrected chi connectivity index (χ4v) is 4.37. The van der Waals surface area contributed by atoms with Crippen molar-refractivity contribution in [3.8, 4) is 5.75 Å². The number of imidazole rings is 1. The number of ether oxygens (including phenoxy) is 1. The zero-order chi connectivity index (χ0) is 23.9. The average Bonchev–Trinajstić information content (AvgIpc) is 3.21. The minimum Gasteiger partial charge on any atom is -0.492 e. The largest absolute Gasteiger partial charge is 0.492 e. The van der Waals surface area contributed by atoms with Crippen LogP contribution in [0.3, 0.4) is 0 Å². The fourth-order valence-electron chi connectivity index (χ4n) is 3.97. The maximum absolute atomic E-state index is 12.5. The molecule has 0 aliphatic rings. The SMILES string of the molecule is CCC(C)c1ccc(OCCn2c(CCNC(=O)c3cccc(Br)c3)nc3ccccc32)cc1. The Morgan fingerprint density at radius 3 is 2.65 bits per heavy atom. The number of hydrogen-bond acceptors (Lipinski definition) is 3. The number of benzene rings is 3. The van der Waals surface area contributed by atoms with Crippen LogP contribution in [0.2, 0.25) is 0 Å². The monoisotopic (exact) mass is 519 g/mol. The topological polar surface area (TPSA) is 56.1 Å². The molecule has 6 heteroatoms. The molecule has 5 nitrogen and oxygen atoms in total. The molecule has 176 valence electrons. The van der Waals surface area contributed by atoms with Gasteiger partial charge >= 0.3 is 0 Å². The van der Waals surface area contributed by atoms with Gasteiger partial charge in [0.2, 0.25) is 0 Å². The van der Waals surface area contributed by atoms with Gasteiger partial charge in [-0.15, -0.1) is 0 Å². The van der Waals surface area contributed by atoms with E-state index in [9.17, 15) is 4.79 Å². The zero-order valence-electron chi connectivity index (χ0n) is 19.6. The summed E-state index contributed by atoms with van der Waals surface area (Å²) >= 11 is 3.41. The molecule has 0 radical (unpaired) electrons. The lowest BCUT2D eigenvalue weighted by Gasteiger charge is -2.13. The third-order valence-electron chi connectivity index (χ3n) is 6.10. The number of rotatable bonds is 10. The van der Waals surface area contributed by atoms with E-state index >= 15 is 0 Å². The third kappa shape index (κ3) is 5.86. The lowest BCUT2D eigenvalue weighted by molar-refractivity contribution is 0.0954. The molecular formula is C28H30BrN3O2. The van der Waals surface area contributed by atoms with Gasteiger partial charge in [-0.3, -0.25) is 4.79 Å². The van der Waals surface area contributed by atoms with Gasteiger partial charge < -0.3 is 14.6 Å². The van der Waals surface area contributed by atoms with Crippen LogP contribution in [0.15, 0.2) is 77.3 Å². The van der Waals surface area contributed by atoms with E-state index in [1.165, 1.54) is 5.56 Å². The van der Waals surface area contributed by atoms with E-state index in [0.29, 0.717) is 37.6 Å². The lowest BCUT2D eigenvalue weighted by Crippen LogP contribution is -2.26. The summed E-state index contributed by atoms with van der Waals surface area (Å²) in [5, 5.41) is 3.00. The van der Waals surface area contributed by atoms with Crippen molar-refractivity contribution in [1.82, 2.24) is 14.9 Å². The molecule has 34 heavy (non-hydrogen) atoms. The fraction of sp³-hybridized carbons (Fsp3) is 0.286. The normalized spacial score (nSPS) is 12.0. The van der Waals surface area contributed by atoms with Crippen molar-refractivity contribution < 1.29 is 9.53 Å². The van der Waals surface area contributed by atoms with E-state index in [1.54, 1.807) is 0 Å². The molecule has 1 N–H and O–H groups in total. The number of amides is 1. The van der Waals surface area contributed by atoms with Crippen molar-refractivity contribution in [1.29, 1.82) is 0 Å². The molecule has 0 aliphatic carbocycles. The Morgan fingerprint density at radius 1 is 1.09 bits per heavy atom. The summed E-state index contributed by atoms with van der Waals surface area (Å²) in [5.74, 6) is 2.27. The van der Waals surface area contributed by atoms with E-state index in [2.05, 4.69) is 57.9 Å². The smallest absolute Gasteiger partial charge is 0.251 e. The Labute approximate surface area is 209 Å². The highest BCUT2D eigenvalue weighted by Gasteiger charge is 2.12. The third-order valence-corrected chi connectivity index (χ3v) is 6.59. The summed E-state index contributed by atoms with van der Waals surface area (Å²) in [6.45, 7) is 6.17. The van der Waals surface area contributed by atoms with Crippen LogP contribution in [0.1, 0.15) is 47.9 Å². The van der Waals surface area contributed by atoms with Crippen molar-refractivity contribution in [2.24, 2.45) is 0 Å². The first-order chi connectivity index (χ1) is 16.5. The number of aromatic nitrogens is 2. The van der Waals surface area contributed by atoms with Crippen LogP contribution < -0.4 is 10.1 Å². The molecule has 3 aromatic carbocycles. The molecular weight excluding hydrogens is 490 g/mol. The highest BCUT2D eigenvalue weighted by molar-refractivity contribution is 9.10. The van der Waals surface area contributed by atoms with Gasteiger partial charge in [-0.05, 0) is 60.4 Å². The van der Waals surface area contributed by atoms with Crippen LogP contribution in [0.25, 0.3) is 11.0 Å². The van der Waals surface area contributed by atoms with E-state index in [0.717, 1.165) is 33.5 Å². The van der Waals surface area contributed by atoms with Crippen LogP contribution >= 0.6 is 15.9 Å². The molecule has 1 aromatic heterocycles. The predicted octanol–water partition coefficient (Wildman–Crippen LogP) is 6.36. The Hall–Kier alpha value is -3.12. The molecule has 0 spiro atoms. The first-order valence-corrected chi connectivity index (χ1v) is 12.5. The molecule has 0 fully saturated rings. The average molecular weight is 520 g/mol. The lowest BCUT2D eigenvalue weighted by atomic mass is 9.99. The summed E-state index contributed by atoms with van der Waals surface area (Å²) in [5.41, 5.74) is 4.00. The quantitative estimate of drug-likeness (QED) is 0.265. The molecule has 4 rings (SSSR count). The first-order valence-electron chi connectivity index (χ1n) is 11.8. The van der Waals surface area contributed by atoms with Gasteiger partial charge in [0.05, 0.1) is 17.6 Å². The van der Waals surface area contributed by atoms with Gasteiger partial charge in [0.25, 0.3) is 5.91 Å². The second-order valence-electron chi connectivity index (χ2n) is 8.41. The summed E-state index contributed by atoms with van der Waals surface area (Å²) in [6.07, 6.45) is 1.76. The minimum absolute atomic E-state index is 0.0897. The summed E-state index contributed by atoms with van der Waals surface area (Å²) in [7, 11) is 0. The van der Waals surface area contributed by atoms with Crippen LogP contribution in [-0.4, -0.2) is 28.6 Å². The van der Waals surface area contributed by atoms with Crippen LogP contribution in [0.5, 0.6) is 5.75 Å². The van der Waals surface area contributed by atoms with Crippen molar-refractivity contribution >= 4 is 32.9 Å². The van der Waals surface area contributed by atoms with E-state index in [4.69, 9.17) is 9.72 Å². The van der Waals surface area contributed by atoms with Gasteiger partial charge in [0.15, 0.2) is 0 Å². The minimum atomic E-state index is -0.0897. The molecule has 0 saturated heterocycles. The Morgan fingerprint density at radius 2 is 1.88 bits per heavy atom. The number of para-hydroxylation sites is 2. The molecule has 1 amide bonds. The Balaban J connectivity index is 1.39. The number of hydrogen-bond donors (Lipinski definition) is 1. The standard InChI is InChI=1S/C28H30BrN3O2/c1-3-20(2)21-11-13-24(14-12-21)34-18-17-32-26-10-5-4-9-25(26)31-27(32)15-16-30-28(33)22-7-6-8-23(29)19-22/h4-14,19-20H,3,15-18H2,1-2H3,(H,30,33). The van der Waals surface area contributed by atoms with Crippen molar-refractivity contribution in [2.45, 2.75) is 39.2 Å². The molecule has 1 atom stereocenters. The van der Waals surface area contributed by atoms with Crippen molar-refractivity contribution in [2.75, 3.05) is 13.2 Å². The Bertz CT molecular complexity index is 1250. The molecule has 4 aromatic rings. The summed E-state index contributed by atoms with van der Waals surface area (Å²) < 4.78 is 9.11.